The number of aryl methyl sites for hydroxylation is 1. The van der Waals surface area contributed by atoms with Crippen LogP contribution in [0, 0.1) is 6.92 Å². The minimum Gasteiger partial charge on any atom is -0.491 e. The SMILES string of the molecule is Cc1nnc(Cl)c2cc(N3CCOCC3)c(OCCCCCCCOCc3ccccc3)cc12. The maximum atomic E-state index is 6.36. The molecule has 182 valence electrons. The van der Waals surface area contributed by atoms with Gasteiger partial charge in [0.05, 0.1) is 37.8 Å². The molecule has 2 heterocycles. The molecule has 2 aromatic carbocycles. The van der Waals surface area contributed by atoms with Crippen LogP contribution in [0.15, 0.2) is 42.5 Å². The van der Waals surface area contributed by atoms with Gasteiger partial charge in [0.25, 0.3) is 0 Å². The van der Waals surface area contributed by atoms with E-state index in [9.17, 15) is 0 Å². The van der Waals surface area contributed by atoms with Gasteiger partial charge in [-0.25, -0.2) is 0 Å². The van der Waals surface area contributed by atoms with E-state index in [0.29, 0.717) is 31.6 Å². The molecular weight excluding hydrogens is 450 g/mol. The Morgan fingerprint density at radius 3 is 2.44 bits per heavy atom. The first-order valence-corrected chi connectivity index (χ1v) is 12.6. The van der Waals surface area contributed by atoms with Gasteiger partial charge in [0.1, 0.15) is 5.75 Å². The molecule has 0 spiro atoms. The van der Waals surface area contributed by atoms with Crippen molar-refractivity contribution >= 4 is 28.1 Å². The van der Waals surface area contributed by atoms with E-state index in [0.717, 1.165) is 66.9 Å². The highest BCUT2D eigenvalue weighted by molar-refractivity contribution is 6.34. The molecule has 0 N–H and O–H groups in total. The molecule has 1 fully saturated rings. The number of rotatable bonds is 12. The summed E-state index contributed by atoms with van der Waals surface area (Å²) in [5.41, 5.74) is 3.14. The molecule has 0 atom stereocenters. The molecule has 0 amide bonds. The number of morpholine rings is 1. The molecule has 1 aliphatic heterocycles. The summed E-state index contributed by atoms with van der Waals surface area (Å²) in [6, 6.07) is 14.5. The highest BCUT2D eigenvalue weighted by Crippen LogP contribution is 2.36. The van der Waals surface area contributed by atoms with Crippen molar-refractivity contribution in [2.75, 3.05) is 44.4 Å². The lowest BCUT2D eigenvalue weighted by Crippen LogP contribution is -2.36. The summed E-state index contributed by atoms with van der Waals surface area (Å²) in [6.45, 7) is 7.26. The second-order valence-electron chi connectivity index (χ2n) is 8.70. The van der Waals surface area contributed by atoms with Crippen molar-refractivity contribution in [1.29, 1.82) is 0 Å². The molecule has 4 rings (SSSR count). The van der Waals surface area contributed by atoms with Gasteiger partial charge >= 0.3 is 0 Å². The van der Waals surface area contributed by atoms with Gasteiger partial charge in [0, 0.05) is 30.5 Å². The van der Waals surface area contributed by atoms with Gasteiger partial charge in [-0.1, -0.05) is 61.2 Å². The summed E-state index contributed by atoms with van der Waals surface area (Å²) in [7, 11) is 0. The average Bonchev–Trinajstić information content (AvgIpc) is 2.88. The fraction of sp³-hybridized carbons (Fsp3) is 0.481. The van der Waals surface area contributed by atoms with Gasteiger partial charge in [-0.3, -0.25) is 0 Å². The van der Waals surface area contributed by atoms with E-state index < -0.39 is 0 Å². The Hall–Kier alpha value is -2.41. The fourth-order valence-corrected chi connectivity index (χ4v) is 4.41. The van der Waals surface area contributed by atoms with Crippen LogP contribution in [0.25, 0.3) is 10.8 Å². The first kappa shape index (κ1) is 24.7. The van der Waals surface area contributed by atoms with Gasteiger partial charge in [-0.2, -0.15) is 5.10 Å². The second-order valence-corrected chi connectivity index (χ2v) is 9.05. The van der Waals surface area contributed by atoms with Gasteiger partial charge in [-0.05, 0) is 37.5 Å². The summed E-state index contributed by atoms with van der Waals surface area (Å²) >= 11 is 6.36. The molecule has 1 saturated heterocycles. The number of halogens is 1. The number of hydrogen-bond acceptors (Lipinski definition) is 6. The average molecular weight is 484 g/mol. The number of benzene rings is 2. The maximum absolute atomic E-state index is 6.36. The van der Waals surface area contributed by atoms with Gasteiger partial charge in [-0.15, -0.1) is 5.10 Å². The zero-order chi connectivity index (χ0) is 23.6. The molecule has 7 heteroatoms. The van der Waals surface area contributed by atoms with Gasteiger partial charge < -0.3 is 19.1 Å². The van der Waals surface area contributed by atoms with Crippen molar-refractivity contribution in [2.24, 2.45) is 0 Å². The molecule has 0 bridgehead atoms. The Labute approximate surface area is 207 Å². The molecule has 1 aromatic heterocycles. The number of hydrogen-bond donors (Lipinski definition) is 0. The monoisotopic (exact) mass is 483 g/mol. The Morgan fingerprint density at radius 1 is 0.912 bits per heavy atom. The maximum Gasteiger partial charge on any atom is 0.159 e. The van der Waals surface area contributed by atoms with Crippen LogP contribution in [0.1, 0.15) is 43.4 Å². The molecule has 3 aromatic rings. The smallest absolute Gasteiger partial charge is 0.159 e. The zero-order valence-electron chi connectivity index (χ0n) is 20.0. The topological polar surface area (TPSA) is 56.7 Å². The first-order chi connectivity index (χ1) is 16.7. The molecule has 1 aliphatic rings. The summed E-state index contributed by atoms with van der Waals surface area (Å²) in [6.07, 6.45) is 5.65. The first-order valence-electron chi connectivity index (χ1n) is 12.3. The molecule has 34 heavy (non-hydrogen) atoms. The Kier molecular flexibility index (Phi) is 9.36. The van der Waals surface area contributed by atoms with E-state index in [-0.39, 0.29) is 0 Å². The van der Waals surface area contributed by atoms with Crippen molar-refractivity contribution in [3.05, 3.63) is 58.9 Å². The van der Waals surface area contributed by atoms with Crippen molar-refractivity contribution < 1.29 is 14.2 Å². The number of ether oxygens (including phenoxy) is 3. The number of aromatic nitrogens is 2. The lowest BCUT2D eigenvalue weighted by atomic mass is 10.1. The normalized spacial score (nSPS) is 14.0. The largest absolute Gasteiger partial charge is 0.491 e. The second kappa shape index (κ2) is 12.9. The molecule has 6 nitrogen and oxygen atoms in total. The van der Waals surface area contributed by atoms with Gasteiger partial charge in [0.2, 0.25) is 0 Å². The van der Waals surface area contributed by atoms with Crippen LogP contribution >= 0.6 is 11.6 Å². The molecule has 0 aliphatic carbocycles. The van der Waals surface area contributed by atoms with E-state index in [1.807, 2.05) is 25.1 Å². The van der Waals surface area contributed by atoms with Crippen LogP contribution in [-0.4, -0.2) is 49.7 Å². The minimum atomic E-state index is 0.425. The molecule has 0 saturated carbocycles. The predicted molar refractivity (Wildman–Crippen MR) is 137 cm³/mol. The Bertz CT molecular complexity index is 1040. The van der Waals surface area contributed by atoms with Crippen molar-refractivity contribution in [3.8, 4) is 5.75 Å². The van der Waals surface area contributed by atoms with E-state index in [1.54, 1.807) is 0 Å². The number of anilines is 1. The molecule has 0 unspecified atom stereocenters. The summed E-state index contributed by atoms with van der Waals surface area (Å²) in [5.74, 6) is 0.885. The Balaban J connectivity index is 1.23. The zero-order valence-corrected chi connectivity index (χ0v) is 20.7. The van der Waals surface area contributed by atoms with E-state index >= 15 is 0 Å². The fourth-order valence-electron chi connectivity index (χ4n) is 4.21. The van der Waals surface area contributed by atoms with Crippen LogP contribution < -0.4 is 9.64 Å². The van der Waals surface area contributed by atoms with Crippen molar-refractivity contribution in [1.82, 2.24) is 10.2 Å². The molecule has 0 radical (unpaired) electrons. The standard InChI is InChI=1S/C27H34ClN3O3/c1-21-23-19-26(25(31-12-16-32-17-13-31)18-24(23)27(28)30-29-21)34-15-9-4-2-3-8-14-33-20-22-10-6-5-7-11-22/h5-7,10-11,18-19H,2-4,8-9,12-17,20H2,1H3. The number of nitrogens with zero attached hydrogens (tertiary/aromatic N) is 3. The van der Waals surface area contributed by atoms with Crippen LogP contribution in [-0.2, 0) is 16.1 Å². The van der Waals surface area contributed by atoms with Crippen molar-refractivity contribution in [3.63, 3.8) is 0 Å². The highest BCUT2D eigenvalue weighted by Gasteiger charge is 2.19. The van der Waals surface area contributed by atoms with Crippen LogP contribution in [0.2, 0.25) is 5.15 Å². The van der Waals surface area contributed by atoms with Gasteiger partial charge in [0.15, 0.2) is 5.15 Å². The predicted octanol–water partition coefficient (Wildman–Crippen LogP) is 5.97. The number of unbranched alkanes of at least 4 members (excludes halogenated alkanes) is 4. The number of fused-ring (bicyclic) bond motifs is 1. The quantitative estimate of drug-likeness (QED) is 0.295. The molecular formula is C27H34ClN3O3. The van der Waals surface area contributed by atoms with Crippen LogP contribution in [0.4, 0.5) is 5.69 Å². The van der Waals surface area contributed by atoms with E-state index in [1.165, 1.54) is 18.4 Å². The summed E-state index contributed by atoms with van der Waals surface area (Å²) in [5, 5.41) is 10.6. The lowest BCUT2D eigenvalue weighted by Gasteiger charge is -2.30. The third-order valence-corrected chi connectivity index (χ3v) is 6.43. The summed E-state index contributed by atoms with van der Waals surface area (Å²) < 4.78 is 17.6. The van der Waals surface area contributed by atoms with E-state index in [4.69, 9.17) is 25.8 Å². The van der Waals surface area contributed by atoms with Crippen molar-refractivity contribution in [2.45, 2.75) is 45.6 Å². The van der Waals surface area contributed by atoms with Crippen LogP contribution in [0.5, 0.6) is 5.75 Å². The highest BCUT2D eigenvalue weighted by atomic mass is 35.5. The van der Waals surface area contributed by atoms with E-state index in [2.05, 4.69) is 39.4 Å². The third-order valence-electron chi connectivity index (χ3n) is 6.15. The Morgan fingerprint density at radius 2 is 1.65 bits per heavy atom. The third kappa shape index (κ3) is 6.81. The summed E-state index contributed by atoms with van der Waals surface area (Å²) in [4.78, 5) is 2.31. The minimum absolute atomic E-state index is 0.425. The lowest BCUT2D eigenvalue weighted by molar-refractivity contribution is 0.116. The van der Waals surface area contributed by atoms with Crippen LogP contribution in [0.3, 0.4) is 0 Å².